The third-order valence-electron chi connectivity index (χ3n) is 3.43. The summed E-state index contributed by atoms with van der Waals surface area (Å²) in [4.78, 5) is 14.1. The van der Waals surface area contributed by atoms with E-state index in [-0.39, 0.29) is 5.91 Å². The van der Waals surface area contributed by atoms with E-state index in [1.165, 1.54) is 0 Å². The fourth-order valence-corrected chi connectivity index (χ4v) is 2.31. The van der Waals surface area contributed by atoms with E-state index in [4.69, 9.17) is 4.42 Å². The molecule has 0 aliphatic carbocycles. The summed E-state index contributed by atoms with van der Waals surface area (Å²) in [6.45, 7) is 5.48. The number of aromatic nitrogens is 5. The van der Waals surface area contributed by atoms with Crippen LogP contribution in [0.2, 0.25) is 0 Å². The molecule has 1 fully saturated rings. The van der Waals surface area contributed by atoms with Gasteiger partial charge in [0.25, 0.3) is 5.91 Å². The summed E-state index contributed by atoms with van der Waals surface area (Å²) in [5, 5.41) is 15.7. The summed E-state index contributed by atoms with van der Waals surface area (Å²) in [6.07, 6.45) is 2.11. The van der Waals surface area contributed by atoms with Crippen LogP contribution < -0.4 is 0 Å². The van der Waals surface area contributed by atoms with Gasteiger partial charge in [-0.05, 0) is 19.8 Å². The van der Waals surface area contributed by atoms with Gasteiger partial charge >= 0.3 is 0 Å². The lowest BCUT2D eigenvalue weighted by molar-refractivity contribution is 0.0786. The molecule has 1 saturated heterocycles. The summed E-state index contributed by atoms with van der Waals surface area (Å²) >= 11 is 0. The molecule has 20 heavy (non-hydrogen) atoms. The van der Waals surface area contributed by atoms with E-state index < -0.39 is 0 Å². The van der Waals surface area contributed by atoms with Gasteiger partial charge in [-0.1, -0.05) is 5.21 Å². The van der Waals surface area contributed by atoms with Gasteiger partial charge in [-0.25, -0.2) is 4.68 Å². The number of carbonyl (C=O) groups is 1. The Morgan fingerprint density at radius 2 is 1.95 bits per heavy atom. The number of rotatable bonds is 3. The van der Waals surface area contributed by atoms with Crippen molar-refractivity contribution in [1.82, 2.24) is 30.1 Å². The fourth-order valence-electron chi connectivity index (χ4n) is 2.31. The summed E-state index contributed by atoms with van der Waals surface area (Å²) in [5.41, 5.74) is 1.13. The van der Waals surface area contributed by atoms with Gasteiger partial charge < -0.3 is 9.32 Å². The number of hydrogen-bond donors (Lipinski definition) is 0. The van der Waals surface area contributed by atoms with Crippen LogP contribution in [0.5, 0.6) is 0 Å². The van der Waals surface area contributed by atoms with Gasteiger partial charge in [0.15, 0.2) is 5.69 Å². The molecular formula is C12H16N6O2. The lowest BCUT2D eigenvalue weighted by Crippen LogP contribution is -2.28. The standard InChI is InChI=1S/C12H16N6O2/c1-8-11(12(19)17-5-3-4-6-17)15-16-18(8)7-10-14-13-9(2)20-10/h3-7H2,1-2H3. The molecule has 3 rings (SSSR count). The Morgan fingerprint density at radius 1 is 1.20 bits per heavy atom. The molecule has 0 N–H and O–H groups in total. The molecular weight excluding hydrogens is 260 g/mol. The highest BCUT2D eigenvalue weighted by atomic mass is 16.4. The first-order valence-corrected chi connectivity index (χ1v) is 6.63. The second kappa shape index (κ2) is 5.03. The van der Waals surface area contributed by atoms with E-state index in [2.05, 4.69) is 20.5 Å². The van der Waals surface area contributed by atoms with Crippen molar-refractivity contribution >= 4 is 5.91 Å². The van der Waals surface area contributed by atoms with Gasteiger partial charge in [-0.3, -0.25) is 4.79 Å². The average molecular weight is 276 g/mol. The van der Waals surface area contributed by atoms with Crippen molar-refractivity contribution in [2.24, 2.45) is 0 Å². The van der Waals surface area contributed by atoms with Gasteiger partial charge in [0.2, 0.25) is 11.8 Å². The van der Waals surface area contributed by atoms with Crippen LogP contribution in [0.1, 0.15) is 40.8 Å². The number of carbonyl (C=O) groups excluding carboxylic acids is 1. The number of likely N-dealkylation sites (tertiary alicyclic amines) is 1. The van der Waals surface area contributed by atoms with Crippen LogP contribution in [-0.4, -0.2) is 49.1 Å². The van der Waals surface area contributed by atoms with Crippen LogP contribution in [0.25, 0.3) is 0 Å². The Labute approximate surface area is 115 Å². The molecule has 0 radical (unpaired) electrons. The highest BCUT2D eigenvalue weighted by Crippen LogP contribution is 2.14. The first-order chi connectivity index (χ1) is 9.65. The minimum atomic E-state index is -0.0482. The maximum atomic E-state index is 12.3. The zero-order valence-corrected chi connectivity index (χ0v) is 11.5. The summed E-state index contributed by atoms with van der Waals surface area (Å²) in [5.74, 6) is 0.912. The van der Waals surface area contributed by atoms with Gasteiger partial charge in [0, 0.05) is 20.0 Å². The van der Waals surface area contributed by atoms with Crippen LogP contribution in [-0.2, 0) is 6.54 Å². The molecule has 3 heterocycles. The third-order valence-corrected chi connectivity index (χ3v) is 3.43. The van der Waals surface area contributed by atoms with Crippen LogP contribution in [0.15, 0.2) is 4.42 Å². The smallest absolute Gasteiger partial charge is 0.276 e. The molecule has 0 saturated carbocycles. The SMILES string of the molecule is Cc1nnc(Cn2nnc(C(=O)N3CCCC3)c2C)o1. The van der Waals surface area contributed by atoms with Crippen molar-refractivity contribution in [2.75, 3.05) is 13.1 Å². The van der Waals surface area contributed by atoms with Gasteiger partial charge in [0.1, 0.15) is 6.54 Å². The van der Waals surface area contributed by atoms with Gasteiger partial charge in [-0.2, -0.15) is 0 Å². The zero-order chi connectivity index (χ0) is 14.1. The van der Waals surface area contributed by atoms with Gasteiger partial charge in [-0.15, -0.1) is 15.3 Å². The predicted molar refractivity (Wildman–Crippen MR) is 68.0 cm³/mol. The largest absolute Gasteiger partial charge is 0.424 e. The number of amides is 1. The first kappa shape index (κ1) is 12.8. The van der Waals surface area contributed by atoms with Crippen molar-refractivity contribution in [3.63, 3.8) is 0 Å². The maximum Gasteiger partial charge on any atom is 0.276 e. The molecule has 0 bridgehead atoms. The predicted octanol–water partition coefficient (Wildman–Crippen LogP) is 0.562. The van der Waals surface area contributed by atoms with Gasteiger partial charge in [0.05, 0.1) is 5.69 Å². The lowest BCUT2D eigenvalue weighted by atomic mass is 10.3. The zero-order valence-electron chi connectivity index (χ0n) is 11.5. The summed E-state index contributed by atoms with van der Waals surface area (Å²) in [7, 11) is 0. The minimum Gasteiger partial charge on any atom is -0.424 e. The van der Waals surface area contributed by atoms with Crippen LogP contribution in [0.3, 0.4) is 0 Å². The molecule has 0 unspecified atom stereocenters. The van der Waals surface area contributed by atoms with Crippen molar-refractivity contribution in [3.05, 3.63) is 23.2 Å². The van der Waals surface area contributed by atoms with E-state index >= 15 is 0 Å². The summed E-state index contributed by atoms with van der Waals surface area (Å²) in [6, 6.07) is 0. The van der Waals surface area contributed by atoms with Crippen molar-refractivity contribution in [2.45, 2.75) is 33.2 Å². The molecule has 1 amide bonds. The average Bonchev–Trinajstić information content (AvgIpc) is 3.13. The normalized spacial score (nSPS) is 15.0. The highest BCUT2D eigenvalue weighted by molar-refractivity contribution is 5.93. The molecule has 2 aromatic rings. The van der Waals surface area contributed by atoms with E-state index in [1.54, 1.807) is 11.6 Å². The topological polar surface area (TPSA) is 89.9 Å². The van der Waals surface area contributed by atoms with Crippen molar-refractivity contribution in [3.8, 4) is 0 Å². The Balaban J connectivity index is 1.79. The number of aryl methyl sites for hydroxylation is 1. The number of hydrogen-bond acceptors (Lipinski definition) is 6. The number of nitrogens with zero attached hydrogens (tertiary/aromatic N) is 6. The van der Waals surface area contributed by atoms with Crippen LogP contribution in [0.4, 0.5) is 0 Å². The molecule has 106 valence electrons. The van der Waals surface area contributed by atoms with E-state index in [1.807, 2.05) is 11.8 Å². The molecule has 8 nitrogen and oxygen atoms in total. The second-order valence-electron chi connectivity index (χ2n) is 4.90. The van der Waals surface area contributed by atoms with E-state index in [0.717, 1.165) is 31.6 Å². The Morgan fingerprint density at radius 3 is 2.60 bits per heavy atom. The minimum absolute atomic E-state index is 0.0482. The third kappa shape index (κ3) is 2.28. The summed E-state index contributed by atoms with van der Waals surface area (Å²) < 4.78 is 6.91. The Hall–Kier alpha value is -2.25. The molecule has 0 spiro atoms. The van der Waals surface area contributed by atoms with Crippen molar-refractivity contribution < 1.29 is 9.21 Å². The fraction of sp³-hybridized carbons (Fsp3) is 0.583. The maximum absolute atomic E-state index is 12.3. The Kier molecular flexibility index (Phi) is 3.21. The monoisotopic (exact) mass is 276 g/mol. The van der Waals surface area contributed by atoms with Crippen LogP contribution >= 0.6 is 0 Å². The molecule has 8 heteroatoms. The second-order valence-corrected chi connectivity index (χ2v) is 4.90. The first-order valence-electron chi connectivity index (χ1n) is 6.63. The molecule has 2 aromatic heterocycles. The quantitative estimate of drug-likeness (QED) is 0.813. The van der Waals surface area contributed by atoms with Crippen molar-refractivity contribution in [1.29, 1.82) is 0 Å². The molecule has 1 aliphatic rings. The molecule has 1 aliphatic heterocycles. The molecule has 0 atom stereocenters. The lowest BCUT2D eigenvalue weighted by Gasteiger charge is -2.13. The van der Waals surface area contributed by atoms with Crippen LogP contribution in [0, 0.1) is 13.8 Å². The molecule has 0 aromatic carbocycles. The van der Waals surface area contributed by atoms with E-state index in [0.29, 0.717) is 24.0 Å². The highest BCUT2D eigenvalue weighted by Gasteiger charge is 2.25. The Bertz CT molecular complexity index is 626. The van der Waals surface area contributed by atoms with E-state index in [9.17, 15) is 4.79 Å².